The van der Waals surface area contributed by atoms with Crippen LogP contribution in [0.1, 0.15) is 5.56 Å². The van der Waals surface area contributed by atoms with Crippen molar-refractivity contribution in [1.82, 2.24) is 4.98 Å². The summed E-state index contributed by atoms with van der Waals surface area (Å²) in [5.41, 5.74) is -4.70. The average Bonchev–Trinajstić information content (AvgIpc) is 2.73. The van der Waals surface area contributed by atoms with Crippen LogP contribution in [0, 0.1) is 0 Å². The normalized spacial score (nSPS) is 13.2. The number of rotatable bonds is 9. The first kappa shape index (κ1) is 22.8. The first-order valence-electron chi connectivity index (χ1n) is 8.94. The zero-order chi connectivity index (χ0) is 22.5. The Bertz CT molecular complexity index is 1120. The van der Waals surface area contributed by atoms with Gasteiger partial charge in [-0.05, 0) is 17.7 Å². The lowest BCUT2D eigenvalue weighted by Crippen LogP contribution is -2.28. The van der Waals surface area contributed by atoms with Gasteiger partial charge in [0.05, 0.1) is 13.2 Å². The Kier molecular flexibility index (Phi) is 6.96. The summed E-state index contributed by atoms with van der Waals surface area (Å²) in [5, 5.41) is 0.428. The number of nitrogens with zero attached hydrogens (tertiary/aromatic N) is 1. The van der Waals surface area contributed by atoms with Gasteiger partial charge in [-0.2, -0.15) is 21.6 Å². The number of benzene rings is 2. The van der Waals surface area contributed by atoms with Gasteiger partial charge in [0.1, 0.15) is 17.9 Å². The summed E-state index contributed by atoms with van der Waals surface area (Å²) in [6, 6.07) is 16.1. The van der Waals surface area contributed by atoms with Crippen LogP contribution in [0.4, 0.5) is 17.6 Å². The number of aromatic nitrogens is 1. The molecule has 1 aromatic heterocycles. The predicted molar refractivity (Wildman–Crippen MR) is 104 cm³/mol. The second-order valence-corrected chi connectivity index (χ2v) is 7.89. The number of para-hydroxylation sites is 1. The molecule has 0 radical (unpaired) electrons. The first-order chi connectivity index (χ1) is 14.7. The number of hydrogen-bond acceptors (Lipinski definition) is 6. The average molecular weight is 459 g/mol. The summed E-state index contributed by atoms with van der Waals surface area (Å²) >= 11 is 0. The summed E-state index contributed by atoms with van der Waals surface area (Å²) in [4.78, 5) is 3.80. The van der Waals surface area contributed by atoms with Crippen molar-refractivity contribution in [2.24, 2.45) is 0 Å². The van der Waals surface area contributed by atoms with Gasteiger partial charge >= 0.3 is 15.6 Å². The van der Waals surface area contributed by atoms with E-state index in [2.05, 4.69) is 9.17 Å². The Morgan fingerprint density at radius 1 is 0.968 bits per heavy atom. The Morgan fingerprint density at radius 3 is 2.39 bits per heavy atom. The van der Waals surface area contributed by atoms with Crippen molar-refractivity contribution < 1.29 is 39.6 Å². The van der Waals surface area contributed by atoms with Crippen LogP contribution in [0.25, 0.3) is 10.9 Å². The van der Waals surface area contributed by atoms with Gasteiger partial charge in [0.2, 0.25) is 5.88 Å². The van der Waals surface area contributed by atoms with Crippen LogP contribution < -0.4 is 8.92 Å². The Labute approximate surface area is 175 Å². The second-order valence-electron chi connectivity index (χ2n) is 6.36. The van der Waals surface area contributed by atoms with Crippen molar-refractivity contribution >= 4 is 21.0 Å². The van der Waals surface area contributed by atoms with E-state index in [1.807, 2.05) is 30.3 Å². The molecule has 0 saturated carbocycles. The summed E-state index contributed by atoms with van der Waals surface area (Å²) in [5.74, 6) is -0.753. The third-order valence-corrected chi connectivity index (χ3v) is 4.97. The minimum Gasteiger partial charge on any atom is -0.483 e. The molecule has 1 unspecified atom stereocenters. The zero-order valence-corrected chi connectivity index (χ0v) is 16.7. The van der Waals surface area contributed by atoms with Gasteiger partial charge in [0.15, 0.2) is 6.10 Å². The molecule has 3 rings (SSSR count). The van der Waals surface area contributed by atoms with E-state index in [-0.39, 0.29) is 24.5 Å². The number of halogens is 4. The van der Waals surface area contributed by atoms with Crippen molar-refractivity contribution in [2.75, 3.05) is 13.3 Å². The van der Waals surface area contributed by atoms with Crippen LogP contribution in [0.5, 0.6) is 11.6 Å². The second kappa shape index (κ2) is 9.48. The number of fused-ring (bicyclic) bond motifs is 1. The van der Waals surface area contributed by atoms with Gasteiger partial charge in [-0.1, -0.05) is 42.5 Å². The zero-order valence-electron chi connectivity index (χ0n) is 15.9. The van der Waals surface area contributed by atoms with E-state index in [1.54, 1.807) is 12.1 Å². The van der Waals surface area contributed by atoms with Crippen molar-refractivity contribution in [2.45, 2.75) is 18.2 Å². The van der Waals surface area contributed by atoms with Gasteiger partial charge in [0, 0.05) is 11.5 Å². The fraction of sp³-hybridized carbons (Fsp3) is 0.250. The lowest BCUT2D eigenvalue weighted by atomic mass is 10.2. The van der Waals surface area contributed by atoms with E-state index in [9.17, 15) is 26.0 Å². The molecule has 166 valence electrons. The quantitative estimate of drug-likeness (QED) is 0.268. The topological polar surface area (TPSA) is 74.7 Å². The number of hydrogen-bond donors (Lipinski definition) is 0. The first-order valence-corrected chi connectivity index (χ1v) is 10.4. The minimum atomic E-state index is -5.88. The molecule has 0 aliphatic heterocycles. The van der Waals surface area contributed by atoms with Gasteiger partial charge in [0.25, 0.3) is 0 Å². The third kappa shape index (κ3) is 5.82. The van der Waals surface area contributed by atoms with Crippen LogP contribution in [0.15, 0.2) is 60.7 Å². The highest BCUT2D eigenvalue weighted by Crippen LogP contribution is 2.30. The maximum Gasteiger partial charge on any atom is 0.534 e. The summed E-state index contributed by atoms with van der Waals surface area (Å²) in [6.07, 6.45) is -1.01. The highest BCUT2D eigenvalue weighted by atomic mass is 32.2. The fourth-order valence-electron chi connectivity index (χ4n) is 2.58. The molecular weight excluding hydrogens is 442 g/mol. The van der Waals surface area contributed by atoms with Crippen LogP contribution >= 0.6 is 0 Å². The Hall–Kier alpha value is -2.92. The molecule has 11 heteroatoms. The van der Waals surface area contributed by atoms with E-state index < -0.39 is 34.3 Å². The lowest BCUT2D eigenvalue weighted by molar-refractivity contribution is -0.0501. The van der Waals surface area contributed by atoms with E-state index in [4.69, 9.17) is 9.47 Å². The molecule has 1 atom stereocenters. The van der Waals surface area contributed by atoms with Gasteiger partial charge in [-0.3, -0.25) is 0 Å². The van der Waals surface area contributed by atoms with E-state index in [0.717, 1.165) is 11.6 Å². The molecule has 0 bridgehead atoms. The van der Waals surface area contributed by atoms with Gasteiger partial charge < -0.3 is 13.7 Å². The van der Waals surface area contributed by atoms with Crippen molar-refractivity contribution in [3.05, 3.63) is 66.2 Å². The Morgan fingerprint density at radius 2 is 1.71 bits per heavy atom. The maximum absolute atomic E-state index is 13.4. The van der Waals surface area contributed by atoms with E-state index in [0.29, 0.717) is 5.39 Å². The molecule has 1 heterocycles. The lowest BCUT2D eigenvalue weighted by Gasteiger charge is -2.17. The molecule has 0 amide bonds. The van der Waals surface area contributed by atoms with Crippen molar-refractivity contribution in [1.29, 1.82) is 0 Å². The molecule has 3 aromatic rings. The summed E-state index contributed by atoms with van der Waals surface area (Å²) in [6.45, 7) is -0.758. The van der Waals surface area contributed by atoms with Crippen LogP contribution in [-0.4, -0.2) is 38.3 Å². The highest BCUT2D eigenvalue weighted by molar-refractivity contribution is 7.87. The van der Waals surface area contributed by atoms with Crippen LogP contribution in [0.2, 0.25) is 0 Å². The highest BCUT2D eigenvalue weighted by Gasteiger charge is 2.48. The third-order valence-electron chi connectivity index (χ3n) is 4.02. The summed E-state index contributed by atoms with van der Waals surface area (Å²) in [7, 11) is -5.88. The van der Waals surface area contributed by atoms with E-state index >= 15 is 0 Å². The number of ether oxygens (including phenoxy) is 2. The molecule has 2 aromatic carbocycles. The predicted octanol–water partition coefficient (Wildman–Crippen LogP) is 4.40. The maximum atomic E-state index is 13.4. The minimum absolute atomic E-state index is 0.0129. The standard InChI is InChI=1S/C20H17F4NO5S/c21-11-16(13-28-12-14-5-2-1-3-6-14)29-17-8-4-7-15-9-10-18(25-19(15)17)30-31(26,27)20(22,23)24/h1-10,16H,11-13H2. The molecule has 0 spiro atoms. The number of alkyl halides is 4. The summed E-state index contributed by atoms with van der Waals surface area (Å²) < 4.78 is 88.6. The van der Waals surface area contributed by atoms with Crippen molar-refractivity contribution in [3.63, 3.8) is 0 Å². The fourth-order valence-corrected chi connectivity index (χ4v) is 2.99. The molecular formula is C20H17F4NO5S. The van der Waals surface area contributed by atoms with Crippen molar-refractivity contribution in [3.8, 4) is 11.6 Å². The Balaban J connectivity index is 1.76. The monoisotopic (exact) mass is 459 g/mol. The molecule has 31 heavy (non-hydrogen) atoms. The SMILES string of the molecule is O=S(=O)(Oc1ccc2cccc(OC(CF)COCc3ccccc3)c2n1)C(F)(F)F. The smallest absolute Gasteiger partial charge is 0.483 e. The number of pyridine rings is 1. The van der Waals surface area contributed by atoms with Crippen LogP contribution in [0.3, 0.4) is 0 Å². The molecule has 0 aliphatic rings. The largest absolute Gasteiger partial charge is 0.534 e. The van der Waals surface area contributed by atoms with Crippen LogP contribution in [-0.2, 0) is 21.5 Å². The molecule has 0 N–H and O–H groups in total. The molecule has 0 saturated heterocycles. The molecule has 6 nitrogen and oxygen atoms in total. The van der Waals surface area contributed by atoms with E-state index in [1.165, 1.54) is 12.1 Å². The van der Waals surface area contributed by atoms with Gasteiger partial charge in [-0.15, -0.1) is 0 Å². The molecule has 0 aliphatic carbocycles. The molecule has 0 fully saturated rings. The van der Waals surface area contributed by atoms with Gasteiger partial charge in [-0.25, -0.2) is 9.37 Å².